The quantitative estimate of drug-likeness (QED) is 0.731. The molecule has 0 aliphatic rings. The van der Waals surface area contributed by atoms with E-state index >= 15 is 0 Å². The van der Waals surface area contributed by atoms with Crippen molar-refractivity contribution in [3.63, 3.8) is 0 Å². The minimum absolute atomic E-state index is 0.219. The van der Waals surface area contributed by atoms with Gasteiger partial charge in [0.25, 0.3) is 0 Å². The maximum atomic E-state index is 10.5. The Bertz CT molecular complexity index is 298. The summed E-state index contributed by atoms with van der Waals surface area (Å²) in [6, 6.07) is 4.82. The maximum Gasteiger partial charge on any atom is 0.336 e. The zero-order valence-corrected chi connectivity index (χ0v) is 7.89. The van der Waals surface area contributed by atoms with Crippen LogP contribution >= 0.6 is 28.6 Å². The average molecular weight is 233 g/mol. The van der Waals surface area contributed by atoms with Crippen molar-refractivity contribution in [2.75, 3.05) is 0 Å². The molecule has 0 saturated carbocycles. The highest BCUT2D eigenvalue weighted by atomic mass is 79.9. The number of carboxylic acids is 1. The molecule has 11 heavy (non-hydrogen) atoms. The van der Waals surface area contributed by atoms with Crippen LogP contribution in [0.5, 0.6) is 0 Å². The predicted molar refractivity (Wildman–Crippen MR) is 48.4 cm³/mol. The summed E-state index contributed by atoms with van der Waals surface area (Å²) in [5.74, 6) is -0.956. The topological polar surface area (TPSA) is 37.3 Å². The number of hydrogen-bond acceptors (Lipinski definition) is 2. The lowest BCUT2D eigenvalue weighted by molar-refractivity contribution is 0.0693. The molecule has 1 aromatic carbocycles. The van der Waals surface area contributed by atoms with Crippen molar-refractivity contribution in [2.45, 2.75) is 4.90 Å². The number of hydrogen-bond donors (Lipinski definition) is 2. The molecule has 1 N–H and O–H groups in total. The van der Waals surface area contributed by atoms with Gasteiger partial charge in [-0.15, -0.1) is 12.6 Å². The monoisotopic (exact) mass is 232 g/mol. The Morgan fingerprint density at radius 3 is 2.64 bits per heavy atom. The molecule has 0 aliphatic heterocycles. The molecule has 0 heterocycles. The summed E-state index contributed by atoms with van der Waals surface area (Å²) in [7, 11) is 0. The first-order chi connectivity index (χ1) is 5.11. The summed E-state index contributed by atoms with van der Waals surface area (Å²) in [6.45, 7) is 0. The molecule has 0 amide bonds. The van der Waals surface area contributed by atoms with Gasteiger partial charge < -0.3 is 5.11 Å². The fraction of sp³-hybridized carbons (Fsp3) is 0. The van der Waals surface area contributed by atoms with Crippen LogP contribution in [0, 0.1) is 0 Å². The maximum absolute atomic E-state index is 10.5. The minimum Gasteiger partial charge on any atom is -0.478 e. The molecule has 0 fully saturated rings. The van der Waals surface area contributed by atoms with Crippen LogP contribution in [0.4, 0.5) is 0 Å². The average Bonchev–Trinajstić information content (AvgIpc) is 1.85. The Morgan fingerprint density at radius 1 is 1.55 bits per heavy atom. The number of carboxylic acid groups (broad SMARTS) is 1. The highest BCUT2D eigenvalue weighted by Crippen LogP contribution is 2.19. The third-order valence-electron chi connectivity index (χ3n) is 1.19. The molecule has 1 rings (SSSR count). The summed E-state index contributed by atoms with van der Waals surface area (Å²) in [5.41, 5.74) is 0.219. The van der Waals surface area contributed by atoms with Crippen LogP contribution in [-0.4, -0.2) is 11.1 Å². The fourth-order valence-corrected chi connectivity index (χ4v) is 1.53. The van der Waals surface area contributed by atoms with Gasteiger partial charge in [-0.1, -0.05) is 15.9 Å². The smallest absolute Gasteiger partial charge is 0.336 e. The second-order valence-corrected chi connectivity index (χ2v) is 3.36. The molecule has 0 bridgehead atoms. The zero-order valence-electron chi connectivity index (χ0n) is 5.41. The van der Waals surface area contributed by atoms with Crippen molar-refractivity contribution < 1.29 is 9.90 Å². The predicted octanol–water partition coefficient (Wildman–Crippen LogP) is 2.44. The lowest BCUT2D eigenvalue weighted by Crippen LogP contribution is -1.96. The Hall–Kier alpha value is -0.480. The first-order valence-electron chi connectivity index (χ1n) is 2.83. The van der Waals surface area contributed by atoms with Gasteiger partial charge >= 0.3 is 5.97 Å². The normalized spacial score (nSPS) is 9.64. The minimum atomic E-state index is -0.956. The van der Waals surface area contributed by atoms with E-state index < -0.39 is 5.97 Å². The fourth-order valence-electron chi connectivity index (χ4n) is 0.686. The van der Waals surface area contributed by atoms with E-state index in [-0.39, 0.29) is 5.56 Å². The molecule has 58 valence electrons. The van der Waals surface area contributed by atoms with Crippen molar-refractivity contribution >= 4 is 34.5 Å². The highest BCUT2D eigenvalue weighted by Gasteiger charge is 2.06. The number of halogens is 1. The number of benzene rings is 1. The van der Waals surface area contributed by atoms with Crippen LogP contribution in [0.1, 0.15) is 10.4 Å². The number of carbonyl (C=O) groups is 1. The summed E-state index contributed by atoms with van der Waals surface area (Å²) < 4.78 is 0.826. The molecule has 0 saturated heterocycles. The van der Waals surface area contributed by atoms with E-state index in [1.54, 1.807) is 12.1 Å². The Labute approximate surface area is 77.8 Å². The van der Waals surface area contributed by atoms with E-state index in [1.165, 1.54) is 6.07 Å². The summed E-state index contributed by atoms with van der Waals surface area (Å²) in [4.78, 5) is 10.9. The zero-order chi connectivity index (χ0) is 8.43. The van der Waals surface area contributed by atoms with Gasteiger partial charge in [-0.05, 0) is 18.2 Å². The van der Waals surface area contributed by atoms with Gasteiger partial charge in [0.15, 0.2) is 0 Å². The number of aromatic carboxylic acids is 1. The van der Waals surface area contributed by atoms with Gasteiger partial charge in [-0.25, -0.2) is 4.79 Å². The van der Waals surface area contributed by atoms with Crippen LogP contribution in [0.3, 0.4) is 0 Å². The van der Waals surface area contributed by atoms with E-state index in [2.05, 4.69) is 28.6 Å². The lowest BCUT2D eigenvalue weighted by Gasteiger charge is -1.98. The van der Waals surface area contributed by atoms with Gasteiger partial charge in [-0.2, -0.15) is 0 Å². The molecule has 0 aromatic heterocycles. The van der Waals surface area contributed by atoms with E-state index in [0.29, 0.717) is 4.90 Å². The van der Waals surface area contributed by atoms with Gasteiger partial charge in [0.1, 0.15) is 0 Å². The molecule has 0 unspecified atom stereocenters. The van der Waals surface area contributed by atoms with Crippen LogP contribution in [0.2, 0.25) is 0 Å². The first kappa shape index (κ1) is 8.62. The van der Waals surface area contributed by atoms with Gasteiger partial charge in [-0.3, -0.25) is 0 Å². The van der Waals surface area contributed by atoms with Gasteiger partial charge in [0.2, 0.25) is 0 Å². The molecule has 0 radical (unpaired) electrons. The van der Waals surface area contributed by atoms with E-state index in [4.69, 9.17) is 5.11 Å². The van der Waals surface area contributed by atoms with Gasteiger partial charge in [0.05, 0.1) is 5.56 Å². The van der Waals surface area contributed by atoms with Gasteiger partial charge in [0, 0.05) is 9.37 Å². The first-order valence-corrected chi connectivity index (χ1v) is 4.07. The summed E-state index contributed by atoms with van der Waals surface area (Å²) >= 11 is 7.20. The molecule has 0 aliphatic carbocycles. The summed E-state index contributed by atoms with van der Waals surface area (Å²) in [6.07, 6.45) is 0. The second-order valence-electron chi connectivity index (χ2n) is 1.97. The van der Waals surface area contributed by atoms with E-state index in [9.17, 15) is 4.79 Å². The Balaban J connectivity index is 3.20. The Kier molecular flexibility index (Phi) is 2.57. The largest absolute Gasteiger partial charge is 0.478 e. The van der Waals surface area contributed by atoms with E-state index in [1.807, 2.05) is 0 Å². The Morgan fingerprint density at radius 2 is 2.18 bits per heavy atom. The molecular weight excluding hydrogens is 228 g/mol. The van der Waals surface area contributed by atoms with Crippen LogP contribution < -0.4 is 0 Å². The molecule has 2 nitrogen and oxygen atoms in total. The molecule has 0 atom stereocenters. The molecule has 4 heteroatoms. The van der Waals surface area contributed by atoms with Crippen molar-refractivity contribution in [1.29, 1.82) is 0 Å². The molecule has 1 aromatic rings. The van der Waals surface area contributed by atoms with Crippen LogP contribution in [-0.2, 0) is 0 Å². The number of rotatable bonds is 1. The lowest BCUT2D eigenvalue weighted by atomic mass is 10.2. The standard InChI is InChI=1S/C7H5BrO2S/c8-4-1-2-5(7(9)10)6(11)3-4/h1-3,11H,(H,9,10). The van der Waals surface area contributed by atoms with Crippen molar-refractivity contribution in [1.82, 2.24) is 0 Å². The molecule has 0 spiro atoms. The SMILES string of the molecule is O=C(O)c1ccc(Br)cc1S. The highest BCUT2D eigenvalue weighted by molar-refractivity contribution is 9.10. The number of thiol groups is 1. The third kappa shape index (κ3) is 1.97. The van der Waals surface area contributed by atoms with Crippen molar-refractivity contribution in [3.8, 4) is 0 Å². The summed E-state index contributed by atoms with van der Waals surface area (Å²) in [5, 5.41) is 8.59. The van der Waals surface area contributed by atoms with Crippen molar-refractivity contribution in [3.05, 3.63) is 28.2 Å². The third-order valence-corrected chi connectivity index (χ3v) is 2.05. The van der Waals surface area contributed by atoms with Crippen LogP contribution in [0.25, 0.3) is 0 Å². The molecular formula is C7H5BrO2S. The van der Waals surface area contributed by atoms with Crippen molar-refractivity contribution in [2.24, 2.45) is 0 Å². The second kappa shape index (κ2) is 3.28. The van der Waals surface area contributed by atoms with Crippen LogP contribution in [0.15, 0.2) is 27.6 Å². The van der Waals surface area contributed by atoms with E-state index in [0.717, 1.165) is 4.47 Å².